The zero-order valence-electron chi connectivity index (χ0n) is 9.49. The van der Waals surface area contributed by atoms with E-state index in [9.17, 15) is 4.79 Å². The summed E-state index contributed by atoms with van der Waals surface area (Å²) in [6, 6.07) is 15.0. The summed E-state index contributed by atoms with van der Waals surface area (Å²) in [5.74, 6) is 0.327. The number of alkyl halides is 1. The molecule has 0 saturated carbocycles. The van der Waals surface area contributed by atoms with Gasteiger partial charge < -0.3 is 5.32 Å². The first-order valence-corrected chi connectivity index (χ1v) is 7.02. The summed E-state index contributed by atoms with van der Waals surface area (Å²) in [5, 5.41) is 2.86. The number of hydrogen-bond acceptors (Lipinski definition) is 1. The van der Waals surface area contributed by atoms with E-state index in [1.54, 1.807) is 6.07 Å². The van der Waals surface area contributed by atoms with Crippen LogP contribution in [0.15, 0.2) is 48.5 Å². The molecule has 0 radical (unpaired) electrons. The number of anilines is 1. The van der Waals surface area contributed by atoms with Gasteiger partial charge in [-0.05, 0) is 58.5 Å². The predicted octanol–water partition coefficient (Wildman–Crippen LogP) is 4.28. The van der Waals surface area contributed by atoms with Crippen molar-refractivity contribution in [2.75, 3.05) is 5.32 Å². The molecule has 4 heteroatoms. The highest BCUT2D eigenvalue weighted by molar-refractivity contribution is 14.1. The lowest BCUT2D eigenvalue weighted by Crippen LogP contribution is -2.12. The number of rotatable bonds is 3. The van der Waals surface area contributed by atoms with Gasteiger partial charge in [0.2, 0.25) is 0 Å². The maximum Gasteiger partial charge on any atom is 0.255 e. The molecule has 2 rings (SSSR count). The Balaban J connectivity index is 2.16. The third-order valence-electron chi connectivity index (χ3n) is 2.43. The molecule has 0 bridgehead atoms. The number of nitrogens with one attached hydrogen (secondary N) is 1. The molecule has 92 valence electrons. The maximum atomic E-state index is 12.0. The number of amides is 1. The SMILES string of the molecule is O=C(Nc1cccc(CCl)c1)c1cccc(I)c1. The Bertz CT molecular complexity index is 571. The minimum absolute atomic E-state index is 0.111. The van der Waals surface area contributed by atoms with E-state index in [1.807, 2.05) is 42.5 Å². The molecule has 0 fully saturated rings. The maximum absolute atomic E-state index is 12.0. The average Bonchev–Trinajstić information content (AvgIpc) is 2.39. The fourth-order valence-corrected chi connectivity index (χ4v) is 2.27. The van der Waals surface area contributed by atoms with E-state index in [2.05, 4.69) is 27.9 Å². The van der Waals surface area contributed by atoms with Gasteiger partial charge in [0, 0.05) is 20.7 Å². The van der Waals surface area contributed by atoms with Crippen LogP contribution >= 0.6 is 34.2 Å². The molecule has 0 aliphatic heterocycles. The number of benzene rings is 2. The van der Waals surface area contributed by atoms with Gasteiger partial charge in [0.25, 0.3) is 5.91 Å². The van der Waals surface area contributed by atoms with Crippen LogP contribution in [-0.4, -0.2) is 5.91 Å². The first-order chi connectivity index (χ1) is 8.69. The van der Waals surface area contributed by atoms with Gasteiger partial charge in [-0.2, -0.15) is 0 Å². The Morgan fingerprint density at radius 3 is 2.67 bits per heavy atom. The van der Waals surface area contributed by atoms with Crippen LogP contribution in [0.2, 0.25) is 0 Å². The van der Waals surface area contributed by atoms with Gasteiger partial charge in [-0.25, -0.2) is 0 Å². The third-order valence-corrected chi connectivity index (χ3v) is 3.41. The molecule has 0 unspecified atom stereocenters. The molecular formula is C14H11ClINO. The molecule has 0 aliphatic rings. The molecule has 1 amide bonds. The molecule has 0 atom stereocenters. The quantitative estimate of drug-likeness (QED) is 0.633. The zero-order valence-corrected chi connectivity index (χ0v) is 12.4. The summed E-state index contributed by atoms with van der Waals surface area (Å²) in [7, 11) is 0. The lowest BCUT2D eigenvalue weighted by molar-refractivity contribution is 0.102. The van der Waals surface area contributed by atoms with Gasteiger partial charge in [-0.3, -0.25) is 4.79 Å². The molecule has 0 spiro atoms. The van der Waals surface area contributed by atoms with Gasteiger partial charge in [-0.1, -0.05) is 18.2 Å². The second-order valence-electron chi connectivity index (χ2n) is 3.80. The summed E-state index contributed by atoms with van der Waals surface area (Å²) in [4.78, 5) is 12.0. The first kappa shape index (κ1) is 13.4. The van der Waals surface area contributed by atoms with Gasteiger partial charge in [-0.15, -0.1) is 11.6 Å². The van der Waals surface area contributed by atoms with Crippen molar-refractivity contribution in [1.82, 2.24) is 0 Å². The molecule has 18 heavy (non-hydrogen) atoms. The van der Waals surface area contributed by atoms with Crippen molar-refractivity contribution in [3.05, 3.63) is 63.2 Å². The highest BCUT2D eigenvalue weighted by atomic mass is 127. The molecule has 0 aromatic heterocycles. The van der Waals surface area contributed by atoms with Crippen LogP contribution in [0, 0.1) is 3.57 Å². The van der Waals surface area contributed by atoms with Crippen molar-refractivity contribution >= 4 is 45.8 Å². The summed E-state index contributed by atoms with van der Waals surface area (Å²) in [5.41, 5.74) is 2.40. The largest absolute Gasteiger partial charge is 0.322 e. The van der Waals surface area contributed by atoms with Crippen LogP contribution in [0.4, 0.5) is 5.69 Å². The van der Waals surface area contributed by atoms with E-state index in [0.29, 0.717) is 11.4 Å². The van der Waals surface area contributed by atoms with Crippen LogP contribution < -0.4 is 5.32 Å². The van der Waals surface area contributed by atoms with Crippen molar-refractivity contribution in [3.63, 3.8) is 0 Å². The van der Waals surface area contributed by atoms with E-state index in [4.69, 9.17) is 11.6 Å². The van der Waals surface area contributed by atoms with E-state index in [-0.39, 0.29) is 5.91 Å². The molecule has 0 saturated heterocycles. The van der Waals surface area contributed by atoms with Crippen LogP contribution in [0.25, 0.3) is 0 Å². The van der Waals surface area contributed by atoms with Crippen molar-refractivity contribution in [2.45, 2.75) is 5.88 Å². The Labute approximate surface area is 124 Å². The summed E-state index contributed by atoms with van der Waals surface area (Å²) in [6.45, 7) is 0. The number of hydrogen-bond donors (Lipinski definition) is 1. The van der Waals surface area contributed by atoms with Crippen LogP contribution in [-0.2, 0) is 5.88 Å². The lowest BCUT2D eigenvalue weighted by atomic mass is 10.2. The predicted molar refractivity (Wildman–Crippen MR) is 83.1 cm³/mol. The standard InChI is InChI=1S/C14H11ClINO/c15-9-10-3-1-6-13(7-10)17-14(18)11-4-2-5-12(16)8-11/h1-8H,9H2,(H,17,18). The fraction of sp³-hybridized carbons (Fsp3) is 0.0714. The molecule has 2 nitrogen and oxygen atoms in total. The van der Waals surface area contributed by atoms with Crippen molar-refractivity contribution < 1.29 is 4.79 Å². The van der Waals surface area contributed by atoms with Gasteiger partial charge >= 0.3 is 0 Å². The second-order valence-corrected chi connectivity index (χ2v) is 5.31. The van der Waals surface area contributed by atoms with Gasteiger partial charge in [0.15, 0.2) is 0 Å². The normalized spacial score (nSPS) is 10.1. The summed E-state index contributed by atoms with van der Waals surface area (Å²) >= 11 is 7.94. The Kier molecular flexibility index (Phi) is 4.60. The fourth-order valence-electron chi connectivity index (χ4n) is 1.57. The van der Waals surface area contributed by atoms with E-state index in [1.165, 1.54) is 0 Å². The zero-order chi connectivity index (χ0) is 13.0. The summed E-state index contributed by atoms with van der Waals surface area (Å²) < 4.78 is 1.04. The van der Waals surface area contributed by atoms with E-state index < -0.39 is 0 Å². The second kappa shape index (κ2) is 6.20. The van der Waals surface area contributed by atoms with Crippen LogP contribution in [0.3, 0.4) is 0 Å². The topological polar surface area (TPSA) is 29.1 Å². The number of carbonyl (C=O) groups is 1. The third kappa shape index (κ3) is 3.46. The van der Waals surface area contributed by atoms with Crippen molar-refractivity contribution in [3.8, 4) is 0 Å². The minimum Gasteiger partial charge on any atom is -0.322 e. The van der Waals surface area contributed by atoms with Crippen LogP contribution in [0.5, 0.6) is 0 Å². The number of halogens is 2. The molecule has 0 aliphatic carbocycles. The highest BCUT2D eigenvalue weighted by Gasteiger charge is 2.06. The highest BCUT2D eigenvalue weighted by Crippen LogP contribution is 2.14. The Morgan fingerprint density at radius 2 is 1.94 bits per heavy atom. The lowest BCUT2D eigenvalue weighted by Gasteiger charge is -2.06. The smallest absolute Gasteiger partial charge is 0.255 e. The Hall–Kier alpha value is -1.07. The Morgan fingerprint density at radius 1 is 1.17 bits per heavy atom. The van der Waals surface area contributed by atoms with E-state index in [0.717, 1.165) is 14.8 Å². The van der Waals surface area contributed by atoms with Crippen molar-refractivity contribution in [1.29, 1.82) is 0 Å². The minimum atomic E-state index is -0.111. The van der Waals surface area contributed by atoms with Crippen molar-refractivity contribution in [2.24, 2.45) is 0 Å². The molecule has 0 heterocycles. The van der Waals surface area contributed by atoms with Gasteiger partial charge in [0.05, 0.1) is 0 Å². The first-order valence-electron chi connectivity index (χ1n) is 5.41. The van der Waals surface area contributed by atoms with Gasteiger partial charge in [0.1, 0.15) is 0 Å². The van der Waals surface area contributed by atoms with Crippen LogP contribution in [0.1, 0.15) is 15.9 Å². The summed E-state index contributed by atoms with van der Waals surface area (Å²) in [6.07, 6.45) is 0. The average molecular weight is 372 g/mol. The van der Waals surface area contributed by atoms with E-state index >= 15 is 0 Å². The molecule has 2 aromatic rings. The molecule has 2 aromatic carbocycles. The molecular weight excluding hydrogens is 361 g/mol. The monoisotopic (exact) mass is 371 g/mol. The number of carbonyl (C=O) groups excluding carboxylic acids is 1. The molecule has 1 N–H and O–H groups in total.